The average molecular weight is 236 g/mol. The van der Waals surface area contributed by atoms with Crippen LogP contribution < -0.4 is 0 Å². The predicted molar refractivity (Wildman–Crippen MR) is 71.5 cm³/mol. The molecular weight excluding hydrogens is 224 g/mol. The minimum atomic E-state index is -0.0756. The van der Waals surface area contributed by atoms with E-state index in [0.717, 1.165) is 22.2 Å². The van der Waals surface area contributed by atoms with Crippen LogP contribution in [0, 0.1) is 0 Å². The Labute approximate surface area is 105 Å². The maximum Gasteiger partial charge on any atom is 0.244 e. The molecule has 0 N–H and O–H groups in total. The summed E-state index contributed by atoms with van der Waals surface area (Å²) in [7, 11) is 0. The van der Waals surface area contributed by atoms with Crippen molar-refractivity contribution in [3.8, 4) is 11.3 Å². The third-order valence-electron chi connectivity index (χ3n) is 2.93. The molecular formula is C15H12N2O. The summed E-state index contributed by atoms with van der Waals surface area (Å²) >= 11 is 0. The second kappa shape index (κ2) is 4.11. The van der Waals surface area contributed by atoms with E-state index in [-0.39, 0.29) is 5.91 Å². The SMILES string of the molecule is CC(=O)n1nc(-c2ccccc2)c2ccccc21. The molecule has 0 amide bonds. The van der Waals surface area contributed by atoms with Gasteiger partial charge in [0.1, 0.15) is 5.69 Å². The molecule has 0 aliphatic heterocycles. The molecule has 2 aromatic carbocycles. The van der Waals surface area contributed by atoms with Gasteiger partial charge in [-0.25, -0.2) is 0 Å². The zero-order valence-corrected chi connectivity index (χ0v) is 10.00. The fraction of sp³-hybridized carbons (Fsp3) is 0.0667. The molecule has 0 spiro atoms. The number of carbonyl (C=O) groups excluding carboxylic acids is 1. The van der Waals surface area contributed by atoms with Crippen LogP contribution in [0.15, 0.2) is 54.6 Å². The molecule has 1 heterocycles. The van der Waals surface area contributed by atoms with Crippen molar-refractivity contribution in [2.24, 2.45) is 0 Å². The van der Waals surface area contributed by atoms with Crippen molar-refractivity contribution in [1.29, 1.82) is 0 Å². The van der Waals surface area contributed by atoms with Gasteiger partial charge in [0.05, 0.1) is 5.52 Å². The van der Waals surface area contributed by atoms with E-state index in [2.05, 4.69) is 5.10 Å². The number of aromatic nitrogens is 2. The van der Waals surface area contributed by atoms with Crippen LogP contribution in [0.25, 0.3) is 22.2 Å². The highest BCUT2D eigenvalue weighted by molar-refractivity contribution is 5.98. The van der Waals surface area contributed by atoms with E-state index < -0.39 is 0 Å². The molecule has 0 saturated heterocycles. The van der Waals surface area contributed by atoms with Gasteiger partial charge in [-0.1, -0.05) is 48.5 Å². The molecule has 0 radical (unpaired) electrons. The zero-order valence-electron chi connectivity index (χ0n) is 10.00. The minimum Gasteiger partial charge on any atom is -0.273 e. The van der Waals surface area contributed by atoms with Crippen LogP contribution in [0.2, 0.25) is 0 Å². The van der Waals surface area contributed by atoms with Crippen LogP contribution in [-0.2, 0) is 0 Å². The van der Waals surface area contributed by atoms with Crippen molar-refractivity contribution in [3.05, 3.63) is 54.6 Å². The predicted octanol–water partition coefficient (Wildman–Crippen LogP) is 3.36. The van der Waals surface area contributed by atoms with Gasteiger partial charge in [-0.3, -0.25) is 4.79 Å². The molecule has 3 nitrogen and oxygen atoms in total. The Balaban J connectivity index is 2.34. The lowest BCUT2D eigenvalue weighted by Gasteiger charge is -1.95. The number of rotatable bonds is 1. The van der Waals surface area contributed by atoms with Crippen LogP contribution in [0.1, 0.15) is 11.7 Å². The van der Waals surface area contributed by atoms with E-state index in [1.807, 2.05) is 54.6 Å². The lowest BCUT2D eigenvalue weighted by atomic mass is 10.1. The first-order chi connectivity index (χ1) is 8.77. The summed E-state index contributed by atoms with van der Waals surface area (Å²) in [5, 5.41) is 5.43. The molecule has 0 aliphatic rings. The Bertz CT molecular complexity index is 714. The fourth-order valence-electron chi connectivity index (χ4n) is 2.12. The Morgan fingerprint density at radius 3 is 2.39 bits per heavy atom. The van der Waals surface area contributed by atoms with Gasteiger partial charge in [0.15, 0.2) is 0 Å². The standard InChI is InChI=1S/C15H12N2O/c1-11(18)17-14-10-6-5-9-13(14)15(16-17)12-7-3-2-4-8-12/h2-10H,1H3. The average Bonchev–Trinajstić information content (AvgIpc) is 2.79. The number of para-hydroxylation sites is 1. The van der Waals surface area contributed by atoms with Crippen LogP contribution in [-0.4, -0.2) is 15.7 Å². The number of benzene rings is 2. The van der Waals surface area contributed by atoms with E-state index in [0.29, 0.717) is 0 Å². The Morgan fingerprint density at radius 2 is 1.67 bits per heavy atom. The molecule has 88 valence electrons. The van der Waals surface area contributed by atoms with Gasteiger partial charge in [0.2, 0.25) is 5.91 Å². The molecule has 0 atom stereocenters. The summed E-state index contributed by atoms with van der Waals surface area (Å²) in [5.74, 6) is -0.0756. The second-order valence-corrected chi connectivity index (χ2v) is 4.16. The summed E-state index contributed by atoms with van der Waals surface area (Å²) in [5.41, 5.74) is 2.72. The van der Waals surface area contributed by atoms with E-state index in [1.54, 1.807) is 0 Å². The van der Waals surface area contributed by atoms with Gasteiger partial charge in [-0.2, -0.15) is 9.78 Å². The van der Waals surface area contributed by atoms with E-state index >= 15 is 0 Å². The normalized spacial score (nSPS) is 10.7. The maximum atomic E-state index is 11.6. The number of hydrogen-bond acceptors (Lipinski definition) is 2. The first-order valence-corrected chi connectivity index (χ1v) is 5.81. The first kappa shape index (κ1) is 10.7. The van der Waals surface area contributed by atoms with Crippen molar-refractivity contribution in [1.82, 2.24) is 9.78 Å². The van der Waals surface area contributed by atoms with Gasteiger partial charge >= 0.3 is 0 Å². The van der Waals surface area contributed by atoms with Crippen LogP contribution in [0.5, 0.6) is 0 Å². The van der Waals surface area contributed by atoms with E-state index in [9.17, 15) is 4.79 Å². The highest BCUT2D eigenvalue weighted by Crippen LogP contribution is 2.27. The molecule has 0 saturated carbocycles. The van der Waals surface area contributed by atoms with Crippen LogP contribution >= 0.6 is 0 Å². The highest BCUT2D eigenvalue weighted by Gasteiger charge is 2.13. The number of fused-ring (bicyclic) bond motifs is 1. The van der Waals surface area contributed by atoms with E-state index in [4.69, 9.17) is 0 Å². The third kappa shape index (κ3) is 1.61. The fourth-order valence-corrected chi connectivity index (χ4v) is 2.12. The summed E-state index contributed by atoms with van der Waals surface area (Å²) in [6.45, 7) is 1.52. The Morgan fingerprint density at radius 1 is 1.00 bits per heavy atom. The number of hydrogen-bond donors (Lipinski definition) is 0. The molecule has 3 heteroatoms. The molecule has 3 aromatic rings. The Kier molecular flexibility index (Phi) is 2.45. The molecule has 3 rings (SSSR count). The number of carbonyl (C=O) groups is 1. The van der Waals surface area contributed by atoms with Gasteiger partial charge in [0, 0.05) is 17.9 Å². The van der Waals surface area contributed by atoms with Crippen molar-refractivity contribution in [2.45, 2.75) is 6.92 Å². The molecule has 0 bridgehead atoms. The van der Waals surface area contributed by atoms with E-state index in [1.165, 1.54) is 11.6 Å². The minimum absolute atomic E-state index is 0.0756. The van der Waals surface area contributed by atoms with Crippen molar-refractivity contribution >= 4 is 16.8 Å². The summed E-state index contributed by atoms with van der Waals surface area (Å²) < 4.78 is 1.46. The number of nitrogens with zero attached hydrogens (tertiary/aromatic N) is 2. The second-order valence-electron chi connectivity index (χ2n) is 4.16. The summed E-state index contributed by atoms with van der Waals surface area (Å²) in [4.78, 5) is 11.6. The van der Waals surface area contributed by atoms with Gasteiger partial charge in [-0.15, -0.1) is 0 Å². The zero-order chi connectivity index (χ0) is 12.5. The Hall–Kier alpha value is -2.42. The van der Waals surface area contributed by atoms with Crippen molar-refractivity contribution in [3.63, 3.8) is 0 Å². The summed E-state index contributed by atoms with van der Waals surface area (Å²) in [6, 6.07) is 17.7. The van der Waals surface area contributed by atoms with Crippen molar-refractivity contribution < 1.29 is 4.79 Å². The molecule has 18 heavy (non-hydrogen) atoms. The lowest BCUT2D eigenvalue weighted by molar-refractivity contribution is 0.0927. The van der Waals surface area contributed by atoms with Gasteiger partial charge in [0.25, 0.3) is 0 Å². The monoisotopic (exact) mass is 236 g/mol. The van der Waals surface area contributed by atoms with Gasteiger partial charge < -0.3 is 0 Å². The van der Waals surface area contributed by atoms with Crippen molar-refractivity contribution in [2.75, 3.05) is 0 Å². The highest BCUT2D eigenvalue weighted by atomic mass is 16.2. The summed E-state index contributed by atoms with van der Waals surface area (Å²) in [6.07, 6.45) is 0. The molecule has 0 unspecified atom stereocenters. The van der Waals surface area contributed by atoms with Crippen LogP contribution in [0.4, 0.5) is 0 Å². The molecule has 1 aromatic heterocycles. The molecule has 0 fully saturated rings. The smallest absolute Gasteiger partial charge is 0.244 e. The largest absolute Gasteiger partial charge is 0.273 e. The van der Waals surface area contributed by atoms with Gasteiger partial charge in [-0.05, 0) is 6.07 Å². The van der Waals surface area contributed by atoms with Crippen LogP contribution in [0.3, 0.4) is 0 Å². The quantitative estimate of drug-likeness (QED) is 0.649. The first-order valence-electron chi connectivity index (χ1n) is 5.81. The molecule has 0 aliphatic carbocycles. The topological polar surface area (TPSA) is 34.9 Å². The lowest BCUT2D eigenvalue weighted by Crippen LogP contribution is -2.06. The maximum absolute atomic E-state index is 11.6. The third-order valence-corrected chi connectivity index (χ3v) is 2.93.